The van der Waals surface area contributed by atoms with E-state index in [-0.39, 0.29) is 0 Å². The van der Waals surface area contributed by atoms with Gasteiger partial charge in [0.15, 0.2) is 5.82 Å². The summed E-state index contributed by atoms with van der Waals surface area (Å²) in [5.74, 6) is 0.922. The summed E-state index contributed by atoms with van der Waals surface area (Å²) in [6.45, 7) is 5.73. The molecule has 1 atom stereocenters. The van der Waals surface area contributed by atoms with E-state index in [1.807, 2.05) is 28.7 Å². The fraction of sp³-hybridized carbons (Fsp3) is 0.667. The van der Waals surface area contributed by atoms with E-state index in [0.717, 1.165) is 12.4 Å². The number of hydrogen-bond donors (Lipinski definition) is 1. The SMILES string of the molecule is Cc1cnn(C[C@@H](C)NCc2nnnn2C2CC2)c1. The molecule has 0 radical (unpaired) electrons. The minimum absolute atomic E-state index is 0.323. The molecule has 1 saturated carbocycles. The Morgan fingerprint density at radius 3 is 3.00 bits per heavy atom. The monoisotopic (exact) mass is 261 g/mol. The summed E-state index contributed by atoms with van der Waals surface area (Å²) in [4.78, 5) is 0. The van der Waals surface area contributed by atoms with Gasteiger partial charge in [-0.05, 0) is 42.7 Å². The van der Waals surface area contributed by atoms with Gasteiger partial charge in [0.2, 0.25) is 0 Å². The molecule has 2 aromatic heterocycles. The van der Waals surface area contributed by atoms with Gasteiger partial charge < -0.3 is 5.32 Å². The number of rotatable bonds is 6. The molecular formula is C12H19N7. The van der Waals surface area contributed by atoms with Crippen LogP contribution in [0.1, 0.15) is 37.2 Å². The van der Waals surface area contributed by atoms with Crippen molar-refractivity contribution in [3.8, 4) is 0 Å². The number of aromatic nitrogens is 6. The highest BCUT2D eigenvalue weighted by atomic mass is 15.6. The lowest BCUT2D eigenvalue weighted by Gasteiger charge is -2.13. The summed E-state index contributed by atoms with van der Waals surface area (Å²) in [6.07, 6.45) is 6.31. The lowest BCUT2D eigenvalue weighted by molar-refractivity contribution is 0.436. The Kier molecular flexibility index (Phi) is 3.29. The number of nitrogens with zero attached hydrogens (tertiary/aromatic N) is 6. The van der Waals surface area contributed by atoms with Crippen LogP contribution in [-0.2, 0) is 13.1 Å². The highest BCUT2D eigenvalue weighted by Gasteiger charge is 2.27. The molecule has 0 amide bonds. The quantitative estimate of drug-likeness (QED) is 0.828. The first-order chi connectivity index (χ1) is 9.22. The van der Waals surface area contributed by atoms with Crippen LogP contribution in [0.4, 0.5) is 0 Å². The van der Waals surface area contributed by atoms with E-state index in [4.69, 9.17) is 0 Å². The van der Waals surface area contributed by atoms with Crippen molar-refractivity contribution < 1.29 is 0 Å². The Hall–Kier alpha value is -1.76. The first-order valence-electron chi connectivity index (χ1n) is 6.71. The van der Waals surface area contributed by atoms with Crippen molar-refractivity contribution in [3.63, 3.8) is 0 Å². The Balaban J connectivity index is 1.52. The zero-order chi connectivity index (χ0) is 13.2. The van der Waals surface area contributed by atoms with Crippen LogP contribution in [-0.4, -0.2) is 36.0 Å². The van der Waals surface area contributed by atoms with Crippen LogP contribution < -0.4 is 5.32 Å². The molecule has 7 nitrogen and oxygen atoms in total. The standard InChI is InChI=1S/C12H19N7/c1-9-5-14-18(7-9)8-10(2)13-6-12-15-16-17-19(12)11-3-4-11/h5,7,10-11,13H,3-4,6,8H2,1-2H3/t10-/m1/s1. The van der Waals surface area contributed by atoms with Gasteiger partial charge in [0.25, 0.3) is 0 Å². The van der Waals surface area contributed by atoms with Crippen LogP contribution in [0.3, 0.4) is 0 Å². The summed E-state index contributed by atoms with van der Waals surface area (Å²) >= 11 is 0. The molecule has 0 aromatic carbocycles. The molecule has 0 spiro atoms. The average Bonchev–Trinajstić information content (AvgIpc) is 2.98. The van der Waals surface area contributed by atoms with Gasteiger partial charge in [-0.15, -0.1) is 5.10 Å². The van der Waals surface area contributed by atoms with Crippen molar-refractivity contribution in [3.05, 3.63) is 23.8 Å². The molecule has 2 heterocycles. The van der Waals surface area contributed by atoms with Crippen LogP contribution in [0.15, 0.2) is 12.4 Å². The van der Waals surface area contributed by atoms with Gasteiger partial charge in [0.1, 0.15) is 0 Å². The summed E-state index contributed by atoms with van der Waals surface area (Å²) in [7, 11) is 0. The van der Waals surface area contributed by atoms with Crippen LogP contribution in [0.5, 0.6) is 0 Å². The normalized spacial score (nSPS) is 16.7. The number of tetrazole rings is 1. The maximum Gasteiger partial charge on any atom is 0.165 e. The molecule has 7 heteroatoms. The van der Waals surface area contributed by atoms with Crippen molar-refractivity contribution in [2.24, 2.45) is 0 Å². The van der Waals surface area contributed by atoms with Gasteiger partial charge in [0, 0.05) is 12.2 Å². The van der Waals surface area contributed by atoms with Gasteiger partial charge in [-0.1, -0.05) is 0 Å². The molecule has 0 saturated heterocycles. The minimum Gasteiger partial charge on any atom is -0.305 e. The molecule has 102 valence electrons. The van der Waals surface area contributed by atoms with Crippen LogP contribution in [0, 0.1) is 6.92 Å². The number of nitrogens with one attached hydrogen (secondary N) is 1. The third kappa shape index (κ3) is 2.98. The van der Waals surface area contributed by atoms with E-state index >= 15 is 0 Å². The number of hydrogen-bond acceptors (Lipinski definition) is 5. The predicted octanol–water partition coefficient (Wildman–Crippen LogP) is 0.691. The number of aryl methyl sites for hydroxylation is 1. The highest BCUT2D eigenvalue weighted by molar-refractivity contribution is 4.99. The molecule has 1 fully saturated rings. The first-order valence-corrected chi connectivity index (χ1v) is 6.71. The first kappa shape index (κ1) is 12.3. The third-order valence-electron chi connectivity index (χ3n) is 3.29. The van der Waals surface area contributed by atoms with Gasteiger partial charge in [-0.3, -0.25) is 4.68 Å². The van der Waals surface area contributed by atoms with Crippen LogP contribution in [0.25, 0.3) is 0 Å². The molecule has 3 rings (SSSR count). The Labute approximate surface area is 112 Å². The smallest absolute Gasteiger partial charge is 0.165 e. The van der Waals surface area contributed by atoms with E-state index in [1.54, 1.807) is 0 Å². The van der Waals surface area contributed by atoms with E-state index in [1.165, 1.54) is 18.4 Å². The second-order valence-electron chi connectivity index (χ2n) is 5.29. The van der Waals surface area contributed by atoms with Crippen molar-refractivity contribution in [1.82, 2.24) is 35.3 Å². The van der Waals surface area contributed by atoms with Crippen molar-refractivity contribution >= 4 is 0 Å². The second kappa shape index (κ2) is 5.08. The fourth-order valence-corrected chi connectivity index (χ4v) is 2.11. The molecule has 0 aliphatic heterocycles. The molecular weight excluding hydrogens is 242 g/mol. The minimum atomic E-state index is 0.323. The summed E-state index contributed by atoms with van der Waals surface area (Å²) < 4.78 is 3.90. The topological polar surface area (TPSA) is 73.5 Å². The summed E-state index contributed by atoms with van der Waals surface area (Å²) in [6, 6.07) is 0.847. The molecule has 1 aliphatic carbocycles. The summed E-state index contributed by atoms with van der Waals surface area (Å²) in [5.41, 5.74) is 1.19. The Morgan fingerprint density at radius 1 is 1.47 bits per heavy atom. The Bertz CT molecular complexity index is 540. The predicted molar refractivity (Wildman–Crippen MR) is 69.4 cm³/mol. The molecule has 1 N–H and O–H groups in total. The largest absolute Gasteiger partial charge is 0.305 e. The zero-order valence-corrected chi connectivity index (χ0v) is 11.3. The maximum atomic E-state index is 4.29. The van der Waals surface area contributed by atoms with Gasteiger partial charge >= 0.3 is 0 Å². The van der Waals surface area contributed by atoms with E-state index in [9.17, 15) is 0 Å². The van der Waals surface area contributed by atoms with Crippen molar-refractivity contribution in [2.45, 2.75) is 51.9 Å². The maximum absolute atomic E-state index is 4.29. The van der Waals surface area contributed by atoms with Crippen molar-refractivity contribution in [2.75, 3.05) is 0 Å². The van der Waals surface area contributed by atoms with Gasteiger partial charge in [0.05, 0.1) is 25.3 Å². The molecule has 0 unspecified atom stereocenters. The molecule has 2 aromatic rings. The molecule has 1 aliphatic rings. The van der Waals surface area contributed by atoms with E-state index in [0.29, 0.717) is 18.6 Å². The lowest BCUT2D eigenvalue weighted by atomic mass is 10.3. The summed E-state index contributed by atoms with van der Waals surface area (Å²) in [5, 5.41) is 19.6. The van der Waals surface area contributed by atoms with Crippen LogP contribution >= 0.6 is 0 Å². The van der Waals surface area contributed by atoms with Gasteiger partial charge in [-0.25, -0.2) is 4.68 Å². The van der Waals surface area contributed by atoms with Gasteiger partial charge in [-0.2, -0.15) is 5.10 Å². The van der Waals surface area contributed by atoms with Crippen molar-refractivity contribution in [1.29, 1.82) is 0 Å². The third-order valence-corrected chi connectivity index (χ3v) is 3.29. The fourth-order valence-electron chi connectivity index (χ4n) is 2.11. The average molecular weight is 261 g/mol. The van der Waals surface area contributed by atoms with E-state index in [2.05, 4.69) is 32.9 Å². The van der Waals surface area contributed by atoms with Crippen LogP contribution in [0.2, 0.25) is 0 Å². The highest BCUT2D eigenvalue weighted by Crippen LogP contribution is 2.34. The lowest BCUT2D eigenvalue weighted by Crippen LogP contribution is -2.31. The second-order valence-corrected chi connectivity index (χ2v) is 5.29. The molecule has 0 bridgehead atoms. The Morgan fingerprint density at radius 2 is 2.32 bits per heavy atom. The zero-order valence-electron chi connectivity index (χ0n) is 11.3. The molecule has 19 heavy (non-hydrogen) atoms. The van der Waals surface area contributed by atoms with E-state index < -0.39 is 0 Å².